The standard InChI is InChI=1S/C11H9F5N2O/c12-6-5(7(13)9(15)10(16)8(6)14)11(19)18-2-1-4(17)3-18/h4H,1-3,17H2/t4-/m1/s1. The fourth-order valence-corrected chi connectivity index (χ4v) is 1.92. The molecule has 0 radical (unpaired) electrons. The van der Waals surface area contributed by atoms with Gasteiger partial charge in [-0.15, -0.1) is 0 Å². The largest absolute Gasteiger partial charge is 0.337 e. The van der Waals surface area contributed by atoms with E-state index in [1.165, 1.54) is 0 Å². The molecule has 1 heterocycles. The molecule has 1 atom stereocenters. The summed E-state index contributed by atoms with van der Waals surface area (Å²) in [6, 6.07) is -0.370. The Kier molecular flexibility index (Phi) is 3.44. The fourth-order valence-electron chi connectivity index (χ4n) is 1.92. The monoisotopic (exact) mass is 280 g/mol. The molecule has 104 valence electrons. The summed E-state index contributed by atoms with van der Waals surface area (Å²) < 4.78 is 65.6. The van der Waals surface area contributed by atoms with Crippen LogP contribution in [0, 0.1) is 29.1 Å². The minimum Gasteiger partial charge on any atom is -0.337 e. The van der Waals surface area contributed by atoms with Crippen molar-refractivity contribution in [3.05, 3.63) is 34.6 Å². The first-order valence-electron chi connectivity index (χ1n) is 5.40. The van der Waals surface area contributed by atoms with Crippen LogP contribution in [-0.2, 0) is 0 Å². The predicted octanol–water partition coefficient (Wildman–Crippen LogP) is 1.56. The number of hydrogen-bond donors (Lipinski definition) is 1. The molecule has 0 bridgehead atoms. The number of carbonyl (C=O) groups excluding carboxylic acids is 1. The number of amides is 1. The van der Waals surface area contributed by atoms with Gasteiger partial charge in [0.05, 0.1) is 0 Å². The molecule has 1 aromatic carbocycles. The maximum atomic E-state index is 13.4. The van der Waals surface area contributed by atoms with Crippen molar-refractivity contribution < 1.29 is 26.7 Å². The highest BCUT2D eigenvalue weighted by atomic mass is 19.2. The Morgan fingerprint density at radius 3 is 1.89 bits per heavy atom. The van der Waals surface area contributed by atoms with Gasteiger partial charge >= 0.3 is 0 Å². The SMILES string of the molecule is N[C@@H]1CCN(C(=O)c2c(F)c(F)c(F)c(F)c2F)C1. The number of likely N-dealkylation sites (tertiary alicyclic amines) is 1. The zero-order valence-electron chi connectivity index (χ0n) is 9.52. The molecular formula is C11H9F5N2O. The van der Waals surface area contributed by atoms with Crippen molar-refractivity contribution in [1.82, 2.24) is 4.90 Å². The predicted molar refractivity (Wildman–Crippen MR) is 54.7 cm³/mol. The minimum atomic E-state index is -2.29. The van der Waals surface area contributed by atoms with Crippen molar-refractivity contribution in [1.29, 1.82) is 0 Å². The number of nitrogens with zero attached hydrogens (tertiary/aromatic N) is 1. The van der Waals surface area contributed by atoms with Crippen LogP contribution < -0.4 is 5.73 Å². The Balaban J connectivity index is 2.48. The lowest BCUT2D eigenvalue weighted by Gasteiger charge is -2.17. The number of carbonyl (C=O) groups is 1. The Bertz CT molecular complexity index is 519. The summed E-state index contributed by atoms with van der Waals surface area (Å²) in [4.78, 5) is 12.7. The topological polar surface area (TPSA) is 46.3 Å². The number of rotatable bonds is 1. The Hall–Kier alpha value is -1.70. The van der Waals surface area contributed by atoms with Crippen LogP contribution in [0.2, 0.25) is 0 Å². The van der Waals surface area contributed by atoms with Crippen molar-refractivity contribution in [2.75, 3.05) is 13.1 Å². The summed E-state index contributed by atoms with van der Waals surface area (Å²) in [6.45, 7) is 0.123. The second-order valence-electron chi connectivity index (χ2n) is 4.24. The summed E-state index contributed by atoms with van der Waals surface area (Å²) in [7, 11) is 0. The van der Waals surface area contributed by atoms with Crippen molar-refractivity contribution in [3.8, 4) is 0 Å². The van der Waals surface area contributed by atoms with Crippen molar-refractivity contribution >= 4 is 5.91 Å². The van der Waals surface area contributed by atoms with E-state index in [0.29, 0.717) is 6.42 Å². The van der Waals surface area contributed by atoms with Gasteiger partial charge in [-0.25, -0.2) is 22.0 Å². The van der Waals surface area contributed by atoms with Gasteiger partial charge in [-0.1, -0.05) is 0 Å². The third kappa shape index (κ3) is 2.16. The van der Waals surface area contributed by atoms with Crippen LogP contribution in [0.1, 0.15) is 16.8 Å². The first-order chi connectivity index (χ1) is 8.84. The average molecular weight is 280 g/mol. The summed E-state index contributed by atoms with van der Waals surface area (Å²) in [5.74, 6) is -12.1. The zero-order chi connectivity index (χ0) is 14.3. The normalized spacial score (nSPS) is 19.1. The molecule has 2 rings (SSSR count). The highest BCUT2D eigenvalue weighted by Gasteiger charge is 2.34. The third-order valence-corrected chi connectivity index (χ3v) is 2.94. The van der Waals surface area contributed by atoms with E-state index in [-0.39, 0.29) is 19.1 Å². The molecule has 0 saturated carbocycles. The number of halogens is 5. The molecule has 8 heteroatoms. The summed E-state index contributed by atoms with van der Waals surface area (Å²) in [5, 5.41) is 0. The van der Waals surface area contributed by atoms with Gasteiger partial charge in [0, 0.05) is 19.1 Å². The first-order valence-corrected chi connectivity index (χ1v) is 5.40. The van der Waals surface area contributed by atoms with Gasteiger partial charge in [-0.2, -0.15) is 0 Å². The van der Waals surface area contributed by atoms with Crippen LogP contribution in [0.4, 0.5) is 22.0 Å². The molecule has 0 aromatic heterocycles. The Morgan fingerprint density at radius 2 is 1.47 bits per heavy atom. The van der Waals surface area contributed by atoms with Gasteiger partial charge in [0.2, 0.25) is 5.82 Å². The number of nitrogens with two attached hydrogens (primary N) is 1. The second-order valence-corrected chi connectivity index (χ2v) is 4.24. The lowest BCUT2D eigenvalue weighted by Crippen LogP contribution is -2.33. The molecule has 19 heavy (non-hydrogen) atoms. The lowest BCUT2D eigenvalue weighted by atomic mass is 10.1. The van der Waals surface area contributed by atoms with Crippen LogP contribution >= 0.6 is 0 Å². The molecule has 1 saturated heterocycles. The second kappa shape index (κ2) is 4.76. The Labute approximate surface area is 104 Å². The van der Waals surface area contributed by atoms with E-state index in [9.17, 15) is 26.7 Å². The van der Waals surface area contributed by atoms with Gasteiger partial charge in [-0.05, 0) is 6.42 Å². The quantitative estimate of drug-likeness (QED) is 0.482. The van der Waals surface area contributed by atoms with E-state index in [1.54, 1.807) is 0 Å². The Morgan fingerprint density at radius 1 is 1.00 bits per heavy atom. The van der Waals surface area contributed by atoms with E-state index >= 15 is 0 Å². The van der Waals surface area contributed by atoms with Gasteiger partial charge in [0.25, 0.3) is 5.91 Å². The molecule has 1 aliphatic rings. The maximum Gasteiger partial charge on any atom is 0.260 e. The summed E-state index contributed by atoms with van der Waals surface area (Å²) in [5.41, 5.74) is 4.07. The molecule has 2 N–H and O–H groups in total. The smallest absolute Gasteiger partial charge is 0.260 e. The zero-order valence-corrected chi connectivity index (χ0v) is 9.52. The van der Waals surface area contributed by atoms with Crippen molar-refractivity contribution in [2.45, 2.75) is 12.5 Å². The van der Waals surface area contributed by atoms with Gasteiger partial charge < -0.3 is 10.6 Å². The molecule has 0 unspecified atom stereocenters. The molecule has 0 spiro atoms. The minimum absolute atomic E-state index is 0.0122. The summed E-state index contributed by atoms with van der Waals surface area (Å²) >= 11 is 0. The van der Waals surface area contributed by atoms with Crippen LogP contribution in [0.15, 0.2) is 0 Å². The van der Waals surface area contributed by atoms with Crippen LogP contribution in [-0.4, -0.2) is 29.9 Å². The maximum absolute atomic E-state index is 13.4. The van der Waals surface area contributed by atoms with Crippen molar-refractivity contribution in [2.24, 2.45) is 5.73 Å². The van der Waals surface area contributed by atoms with Crippen LogP contribution in [0.3, 0.4) is 0 Å². The van der Waals surface area contributed by atoms with Crippen molar-refractivity contribution in [3.63, 3.8) is 0 Å². The van der Waals surface area contributed by atoms with E-state index in [0.717, 1.165) is 4.90 Å². The molecule has 1 aromatic rings. The van der Waals surface area contributed by atoms with Crippen LogP contribution in [0.5, 0.6) is 0 Å². The number of benzene rings is 1. The molecule has 1 amide bonds. The van der Waals surface area contributed by atoms with E-state index < -0.39 is 40.6 Å². The highest BCUT2D eigenvalue weighted by Crippen LogP contribution is 2.25. The lowest BCUT2D eigenvalue weighted by molar-refractivity contribution is 0.0777. The van der Waals surface area contributed by atoms with Crippen LogP contribution in [0.25, 0.3) is 0 Å². The van der Waals surface area contributed by atoms with Gasteiger partial charge in [0.15, 0.2) is 23.3 Å². The van der Waals surface area contributed by atoms with Gasteiger partial charge in [-0.3, -0.25) is 4.79 Å². The number of hydrogen-bond acceptors (Lipinski definition) is 2. The molecule has 3 nitrogen and oxygen atoms in total. The first kappa shape index (κ1) is 13.7. The van der Waals surface area contributed by atoms with E-state index in [4.69, 9.17) is 5.73 Å². The third-order valence-electron chi connectivity index (χ3n) is 2.94. The summed E-state index contributed by atoms with van der Waals surface area (Å²) in [6.07, 6.45) is 0.404. The highest BCUT2D eigenvalue weighted by molar-refractivity contribution is 5.95. The molecule has 0 aliphatic carbocycles. The van der Waals surface area contributed by atoms with Gasteiger partial charge in [0.1, 0.15) is 5.56 Å². The molecular weight excluding hydrogens is 271 g/mol. The molecule has 1 fully saturated rings. The van der Waals surface area contributed by atoms with E-state index in [1.807, 2.05) is 0 Å². The van der Waals surface area contributed by atoms with E-state index in [2.05, 4.69) is 0 Å². The average Bonchev–Trinajstić information content (AvgIpc) is 2.81. The fraction of sp³-hybridized carbons (Fsp3) is 0.364. The molecule has 1 aliphatic heterocycles.